The Bertz CT molecular complexity index is 994. The van der Waals surface area contributed by atoms with Gasteiger partial charge in [-0.3, -0.25) is 14.4 Å². The second-order valence-corrected chi connectivity index (χ2v) is 9.24. The molecule has 3 amide bonds. The molecule has 2 bridgehead atoms. The van der Waals surface area contributed by atoms with Crippen LogP contribution in [0.5, 0.6) is 0 Å². The molecule has 0 unspecified atom stereocenters. The quantitative estimate of drug-likeness (QED) is 0.650. The fraction of sp³-hybridized carbons (Fsp3) is 0.348. The highest BCUT2D eigenvalue weighted by atomic mass is 35.5. The minimum Gasteiger partial charge on any atom is -0.272 e. The van der Waals surface area contributed by atoms with Crippen molar-refractivity contribution in [3.05, 3.63) is 69.7 Å². The van der Waals surface area contributed by atoms with E-state index in [4.69, 9.17) is 23.2 Å². The molecule has 1 saturated heterocycles. The van der Waals surface area contributed by atoms with Gasteiger partial charge >= 0.3 is 0 Å². The lowest BCUT2D eigenvalue weighted by molar-refractivity contribution is -0.156. The molecular formula is C23H20Cl2N2O3. The van der Waals surface area contributed by atoms with E-state index in [2.05, 4.69) is 0 Å². The van der Waals surface area contributed by atoms with Crippen LogP contribution in [-0.2, 0) is 16.1 Å². The first-order chi connectivity index (χ1) is 14.4. The predicted octanol–water partition coefficient (Wildman–Crippen LogP) is 4.58. The Morgan fingerprint density at radius 2 is 1.37 bits per heavy atom. The highest BCUT2D eigenvalue weighted by Gasteiger charge is 2.62. The molecule has 154 valence electrons. The molecule has 2 aromatic carbocycles. The third-order valence-electron chi connectivity index (χ3n) is 6.72. The number of rotatable bonds is 4. The molecule has 0 aromatic heterocycles. The maximum Gasteiger partial charge on any atom is 0.273 e. The Labute approximate surface area is 184 Å². The van der Waals surface area contributed by atoms with Crippen LogP contribution in [0.4, 0.5) is 0 Å². The van der Waals surface area contributed by atoms with Crippen LogP contribution in [0.1, 0.15) is 35.2 Å². The van der Waals surface area contributed by atoms with Crippen LogP contribution in [0.3, 0.4) is 0 Å². The van der Waals surface area contributed by atoms with E-state index in [9.17, 15) is 14.4 Å². The molecule has 1 heterocycles. The monoisotopic (exact) mass is 442 g/mol. The Morgan fingerprint density at radius 3 is 1.90 bits per heavy atom. The molecule has 3 aliphatic rings. The van der Waals surface area contributed by atoms with E-state index in [1.165, 1.54) is 5.01 Å². The van der Waals surface area contributed by atoms with E-state index in [0.29, 0.717) is 15.6 Å². The van der Waals surface area contributed by atoms with Crippen molar-refractivity contribution in [3.63, 3.8) is 0 Å². The molecule has 30 heavy (non-hydrogen) atoms. The molecule has 5 nitrogen and oxygen atoms in total. The predicted molar refractivity (Wildman–Crippen MR) is 112 cm³/mol. The summed E-state index contributed by atoms with van der Waals surface area (Å²) in [5, 5.41) is 3.49. The van der Waals surface area contributed by atoms with Crippen molar-refractivity contribution in [1.82, 2.24) is 10.0 Å². The molecule has 2 saturated carbocycles. The summed E-state index contributed by atoms with van der Waals surface area (Å²) >= 11 is 11.9. The van der Waals surface area contributed by atoms with Crippen LogP contribution in [0.15, 0.2) is 48.5 Å². The molecule has 0 spiro atoms. The van der Waals surface area contributed by atoms with Crippen LogP contribution in [-0.4, -0.2) is 27.7 Å². The van der Waals surface area contributed by atoms with Crippen molar-refractivity contribution in [2.24, 2.45) is 23.7 Å². The number of hydrogen-bond acceptors (Lipinski definition) is 3. The van der Waals surface area contributed by atoms with Gasteiger partial charge in [-0.25, -0.2) is 5.01 Å². The first-order valence-corrected chi connectivity index (χ1v) is 10.9. The maximum absolute atomic E-state index is 13.4. The van der Waals surface area contributed by atoms with Crippen LogP contribution in [0.25, 0.3) is 0 Å². The van der Waals surface area contributed by atoms with Crippen LogP contribution >= 0.6 is 23.2 Å². The smallest absolute Gasteiger partial charge is 0.272 e. The molecule has 4 atom stereocenters. The van der Waals surface area contributed by atoms with Crippen molar-refractivity contribution in [2.45, 2.75) is 25.8 Å². The zero-order valence-electron chi connectivity index (χ0n) is 16.1. The fourth-order valence-electron chi connectivity index (χ4n) is 5.37. The van der Waals surface area contributed by atoms with Gasteiger partial charge in [-0.05, 0) is 73.1 Å². The molecular weight excluding hydrogens is 423 g/mol. The number of carbonyl (C=O) groups excluding carboxylic acids is 3. The van der Waals surface area contributed by atoms with Crippen molar-refractivity contribution in [3.8, 4) is 0 Å². The summed E-state index contributed by atoms with van der Waals surface area (Å²) in [4.78, 5) is 40.1. The summed E-state index contributed by atoms with van der Waals surface area (Å²) in [7, 11) is 0. The van der Waals surface area contributed by atoms with Crippen molar-refractivity contribution in [1.29, 1.82) is 0 Å². The van der Waals surface area contributed by atoms with E-state index in [1.54, 1.807) is 48.5 Å². The molecule has 2 aromatic rings. The Morgan fingerprint density at radius 1 is 0.867 bits per heavy atom. The summed E-state index contributed by atoms with van der Waals surface area (Å²) in [5.74, 6) is -0.963. The van der Waals surface area contributed by atoms with Crippen LogP contribution in [0.2, 0.25) is 10.0 Å². The van der Waals surface area contributed by atoms with Gasteiger partial charge in [0.05, 0.1) is 18.4 Å². The zero-order valence-corrected chi connectivity index (χ0v) is 17.6. The summed E-state index contributed by atoms with van der Waals surface area (Å²) in [6, 6.07) is 13.5. The van der Waals surface area contributed by atoms with E-state index in [1.807, 2.05) is 0 Å². The number of carbonyl (C=O) groups is 3. The van der Waals surface area contributed by atoms with Gasteiger partial charge in [0, 0.05) is 15.6 Å². The topological polar surface area (TPSA) is 57.7 Å². The summed E-state index contributed by atoms with van der Waals surface area (Å²) < 4.78 is 0. The molecule has 0 N–H and O–H groups in total. The standard InChI is InChI=1S/C23H20Cl2N2O3/c24-17-7-1-13(2-8-17)12-26(21(28)14-5-9-18(25)10-6-14)27-22(29)19-15-3-4-16(11-15)20(19)23(27)30/h1-2,5-10,15-16,19-20H,3-4,11-12H2/t15-,16+,19+,20-. The van der Waals surface area contributed by atoms with Gasteiger partial charge in [-0.1, -0.05) is 35.3 Å². The zero-order chi connectivity index (χ0) is 21.0. The van der Waals surface area contributed by atoms with Crippen molar-refractivity contribution < 1.29 is 14.4 Å². The maximum atomic E-state index is 13.4. The minimum atomic E-state index is -0.407. The van der Waals surface area contributed by atoms with Gasteiger partial charge in [-0.2, -0.15) is 5.01 Å². The van der Waals surface area contributed by atoms with Gasteiger partial charge in [-0.15, -0.1) is 0 Å². The van der Waals surface area contributed by atoms with Gasteiger partial charge in [0.1, 0.15) is 0 Å². The second kappa shape index (κ2) is 7.40. The number of nitrogens with zero attached hydrogens (tertiary/aromatic N) is 2. The average Bonchev–Trinajstić information content (AvgIpc) is 3.42. The third kappa shape index (κ3) is 3.12. The van der Waals surface area contributed by atoms with Crippen molar-refractivity contribution >= 4 is 40.9 Å². The Hall–Kier alpha value is -2.37. The third-order valence-corrected chi connectivity index (χ3v) is 7.22. The Balaban J connectivity index is 1.51. The van der Waals surface area contributed by atoms with Gasteiger partial charge < -0.3 is 0 Å². The SMILES string of the molecule is O=C(c1ccc(Cl)cc1)N(Cc1ccc(Cl)cc1)N1C(=O)[C@@H]2[C@H]3CC[C@H](C3)[C@@H]2C1=O. The van der Waals surface area contributed by atoms with Crippen molar-refractivity contribution in [2.75, 3.05) is 0 Å². The highest BCUT2D eigenvalue weighted by molar-refractivity contribution is 6.30. The largest absolute Gasteiger partial charge is 0.273 e. The average molecular weight is 443 g/mol. The Kier molecular flexibility index (Phi) is 4.83. The molecule has 7 heteroatoms. The van der Waals surface area contributed by atoms with Crippen LogP contribution in [0, 0.1) is 23.7 Å². The molecule has 5 rings (SSSR count). The van der Waals surface area contributed by atoms with E-state index in [-0.39, 0.29) is 42.0 Å². The van der Waals surface area contributed by atoms with Gasteiger partial charge in [0.15, 0.2) is 0 Å². The lowest BCUT2D eigenvalue weighted by Crippen LogP contribution is -2.50. The fourth-order valence-corrected chi connectivity index (χ4v) is 5.62. The summed E-state index contributed by atoms with van der Waals surface area (Å²) in [6.07, 6.45) is 2.92. The number of halogens is 2. The van der Waals surface area contributed by atoms with E-state index < -0.39 is 5.91 Å². The molecule has 3 fully saturated rings. The number of fused-ring (bicyclic) bond motifs is 5. The lowest BCUT2D eigenvalue weighted by atomic mass is 9.81. The normalized spacial score (nSPS) is 26.9. The number of benzene rings is 2. The number of hydrogen-bond donors (Lipinski definition) is 0. The van der Waals surface area contributed by atoms with E-state index in [0.717, 1.165) is 29.8 Å². The molecule has 2 aliphatic carbocycles. The first kappa shape index (κ1) is 19.6. The van der Waals surface area contributed by atoms with Crippen LogP contribution < -0.4 is 0 Å². The molecule has 0 radical (unpaired) electrons. The van der Waals surface area contributed by atoms with E-state index >= 15 is 0 Å². The number of imide groups is 1. The summed E-state index contributed by atoms with van der Waals surface area (Å²) in [5.41, 5.74) is 1.15. The summed E-state index contributed by atoms with van der Waals surface area (Å²) in [6.45, 7) is 0.102. The highest BCUT2D eigenvalue weighted by Crippen LogP contribution is 2.56. The number of hydrazine groups is 1. The van der Waals surface area contributed by atoms with Gasteiger partial charge in [0.25, 0.3) is 17.7 Å². The second-order valence-electron chi connectivity index (χ2n) is 8.37. The minimum absolute atomic E-state index is 0.102. The van der Waals surface area contributed by atoms with Gasteiger partial charge in [0.2, 0.25) is 0 Å². The lowest BCUT2D eigenvalue weighted by Gasteiger charge is -2.31. The first-order valence-electron chi connectivity index (χ1n) is 10.1. The molecule has 1 aliphatic heterocycles. The number of amides is 3.